The Bertz CT molecular complexity index is 779. The summed E-state index contributed by atoms with van der Waals surface area (Å²) in [4.78, 5) is 15.7. The number of aliphatic hydroxyl groups excluding tert-OH is 1. The van der Waals surface area contributed by atoms with E-state index in [4.69, 9.17) is 0 Å². The molecule has 1 saturated carbocycles. The molecular weight excluding hydrogens is 350 g/mol. The monoisotopic (exact) mass is 379 g/mol. The van der Waals surface area contributed by atoms with Gasteiger partial charge in [0.2, 0.25) is 5.91 Å². The van der Waals surface area contributed by atoms with Crippen molar-refractivity contribution in [3.05, 3.63) is 35.4 Å². The number of likely N-dealkylation sites (N-methyl/N-ethyl adjacent to an activating group) is 1. The second-order valence-electron chi connectivity index (χ2n) is 8.11. The molecule has 1 aromatic rings. The average Bonchev–Trinajstić information content (AvgIpc) is 2.67. The number of carbonyl (C=O) groups is 1. The fraction of sp³-hybridized carbons (Fsp3) is 0.565. The first kappa shape index (κ1) is 20.4. The predicted octanol–water partition coefficient (Wildman–Crippen LogP) is 2.36. The highest BCUT2D eigenvalue weighted by molar-refractivity contribution is 5.81. The van der Waals surface area contributed by atoms with E-state index >= 15 is 0 Å². The van der Waals surface area contributed by atoms with Gasteiger partial charge in [-0.1, -0.05) is 43.2 Å². The third-order valence-corrected chi connectivity index (χ3v) is 5.79. The van der Waals surface area contributed by atoms with Crippen LogP contribution in [-0.4, -0.2) is 60.1 Å². The van der Waals surface area contributed by atoms with Crippen molar-refractivity contribution in [2.45, 2.75) is 50.1 Å². The third-order valence-electron chi connectivity index (χ3n) is 5.79. The van der Waals surface area contributed by atoms with Gasteiger partial charge in [0.15, 0.2) is 0 Å². The molecule has 0 spiro atoms. The van der Waals surface area contributed by atoms with Crippen LogP contribution in [0.25, 0.3) is 0 Å². The van der Waals surface area contributed by atoms with Crippen LogP contribution < -0.4 is 0 Å². The van der Waals surface area contributed by atoms with Crippen LogP contribution in [0.1, 0.15) is 49.1 Å². The molecule has 3 rings (SSSR count). The zero-order chi connectivity index (χ0) is 20.1. The molecule has 1 aliphatic heterocycles. The molecule has 1 aromatic carbocycles. The Morgan fingerprint density at radius 1 is 1.21 bits per heavy atom. The Hall–Kier alpha value is -2.34. The predicted molar refractivity (Wildman–Crippen MR) is 108 cm³/mol. The van der Waals surface area contributed by atoms with Crippen LogP contribution in [0.5, 0.6) is 0 Å². The molecule has 1 aliphatic carbocycles. The maximum absolute atomic E-state index is 12.4. The van der Waals surface area contributed by atoms with Crippen LogP contribution in [0.3, 0.4) is 0 Å². The number of likely N-dealkylation sites (tertiary alicyclic amines) is 1. The number of aliphatic hydroxyl groups is 1. The van der Waals surface area contributed by atoms with E-state index in [9.17, 15) is 15.2 Å². The fourth-order valence-corrected chi connectivity index (χ4v) is 4.32. The van der Waals surface area contributed by atoms with E-state index in [1.807, 2.05) is 38.4 Å². The van der Waals surface area contributed by atoms with Crippen molar-refractivity contribution in [2.75, 3.05) is 27.2 Å². The quantitative estimate of drug-likeness (QED) is 0.816. The summed E-state index contributed by atoms with van der Waals surface area (Å²) in [6.07, 6.45) is 6.29. The number of hydrogen-bond donors (Lipinski definition) is 1. The Balaban J connectivity index is 1.71. The van der Waals surface area contributed by atoms with Gasteiger partial charge in [0.1, 0.15) is 6.04 Å². The molecule has 1 amide bonds. The average molecular weight is 380 g/mol. The molecule has 28 heavy (non-hydrogen) atoms. The zero-order valence-electron chi connectivity index (χ0n) is 16.8. The lowest BCUT2D eigenvalue weighted by Gasteiger charge is -2.51. The summed E-state index contributed by atoms with van der Waals surface area (Å²) in [6.45, 7) is 0.0857. The number of nitriles is 1. The van der Waals surface area contributed by atoms with Gasteiger partial charge in [0.05, 0.1) is 25.3 Å². The highest BCUT2D eigenvalue weighted by Gasteiger charge is 2.51. The van der Waals surface area contributed by atoms with Gasteiger partial charge in [0.25, 0.3) is 0 Å². The molecule has 2 fully saturated rings. The van der Waals surface area contributed by atoms with Crippen LogP contribution in [0.15, 0.2) is 24.3 Å². The van der Waals surface area contributed by atoms with Crippen molar-refractivity contribution in [2.24, 2.45) is 5.92 Å². The van der Waals surface area contributed by atoms with Gasteiger partial charge in [-0.05, 0) is 44.6 Å². The minimum atomic E-state index is -0.538. The van der Waals surface area contributed by atoms with Crippen molar-refractivity contribution in [1.82, 2.24) is 9.80 Å². The maximum atomic E-state index is 12.4. The number of rotatable bonds is 4. The molecule has 1 N–H and O–H groups in total. The van der Waals surface area contributed by atoms with Crippen LogP contribution in [0.4, 0.5) is 0 Å². The third kappa shape index (κ3) is 4.38. The smallest absolute Gasteiger partial charge is 0.238 e. The van der Waals surface area contributed by atoms with Gasteiger partial charge in [0, 0.05) is 17.4 Å². The zero-order valence-corrected chi connectivity index (χ0v) is 16.8. The Labute approximate surface area is 167 Å². The van der Waals surface area contributed by atoms with Gasteiger partial charge in [-0.25, -0.2) is 0 Å². The molecule has 3 atom stereocenters. The molecule has 2 aliphatic rings. The van der Waals surface area contributed by atoms with Crippen molar-refractivity contribution in [3.63, 3.8) is 0 Å². The second kappa shape index (κ2) is 9.24. The topological polar surface area (TPSA) is 67.6 Å². The van der Waals surface area contributed by atoms with Crippen LogP contribution in [0.2, 0.25) is 0 Å². The lowest BCUT2D eigenvalue weighted by atomic mass is 9.75. The van der Waals surface area contributed by atoms with E-state index in [0.29, 0.717) is 5.92 Å². The first-order chi connectivity index (χ1) is 13.5. The molecule has 148 valence electrons. The molecule has 1 heterocycles. The van der Waals surface area contributed by atoms with Crippen molar-refractivity contribution < 1.29 is 9.90 Å². The van der Waals surface area contributed by atoms with Crippen molar-refractivity contribution in [3.8, 4) is 17.9 Å². The molecule has 0 aromatic heterocycles. The minimum absolute atomic E-state index is 0.123. The normalized spacial score (nSPS) is 24.8. The SMILES string of the molecule is CN(C)CC(=O)N1[C@H](CO)[C@H](c2ccc(C#CC3CCCCC3)cc2)[C@@H]1C#N. The van der Waals surface area contributed by atoms with E-state index in [0.717, 1.165) is 11.1 Å². The summed E-state index contributed by atoms with van der Waals surface area (Å²) < 4.78 is 0. The highest BCUT2D eigenvalue weighted by Crippen LogP contribution is 2.40. The standard InChI is InChI=1S/C23H29N3O2/c1-25(2)15-22(28)26-20(14-24)23(21(26)16-27)19-12-10-18(11-13-19)9-8-17-6-4-3-5-7-17/h10-13,17,20-21,23,27H,3-7,15-16H2,1-2H3/t20-,21+,23+/m0/s1. The fourth-order valence-electron chi connectivity index (χ4n) is 4.32. The summed E-state index contributed by atoms with van der Waals surface area (Å²) in [5.41, 5.74) is 1.95. The summed E-state index contributed by atoms with van der Waals surface area (Å²) in [5, 5.41) is 19.4. The lowest BCUT2D eigenvalue weighted by molar-refractivity contribution is -0.147. The van der Waals surface area contributed by atoms with Gasteiger partial charge in [-0.3, -0.25) is 4.79 Å². The van der Waals surface area contributed by atoms with E-state index < -0.39 is 6.04 Å². The van der Waals surface area contributed by atoms with Crippen LogP contribution >= 0.6 is 0 Å². The largest absolute Gasteiger partial charge is 0.394 e. The highest BCUT2D eigenvalue weighted by atomic mass is 16.3. The number of amides is 1. The Morgan fingerprint density at radius 3 is 2.46 bits per heavy atom. The number of benzene rings is 1. The first-order valence-electron chi connectivity index (χ1n) is 10.1. The molecule has 5 heteroatoms. The molecule has 0 radical (unpaired) electrons. The van der Waals surface area contributed by atoms with Crippen LogP contribution in [-0.2, 0) is 4.79 Å². The minimum Gasteiger partial charge on any atom is -0.394 e. The van der Waals surface area contributed by atoms with Gasteiger partial charge in [-0.15, -0.1) is 0 Å². The van der Waals surface area contributed by atoms with E-state index in [1.165, 1.54) is 37.0 Å². The molecular formula is C23H29N3O2. The number of carbonyl (C=O) groups excluding carboxylic acids is 1. The van der Waals surface area contributed by atoms with Gasteiger partial charge >= 0.3 is 0 Å². The summed E-state index contributed by atoms with van der Waals surface area (Å²) in [5.74, 6) is 6.90. The number of nitrogens with zero attached hydrogens (tertiary/aromatic N) is 3. The van der Waals surface area contributed by atoms with Crippen LogP contribution in [0, 0.1) is 29.1 Å². The van der Waals surface area contributed by atoms with Crippen molar-refractivity contribution in [1.29, 1.82) is 5.26 Å². The number of hydrogen-bond acceptors (Lipinski definition) is 4. The van der Waals surface area contributed by atoms with E-state index in [-0.39, 0.29) is 31.0 Å². The summed E-state index contributed by atoms with van der Waals surface area (Å²) in [6, 6.07) is 9.29. The summed E-state index contributed by atoms with van der Waals surface area (Å²) >= 11 is 0. The lowest BCUT2D eigenvalue weighted by Crippen LogP contribution is -2.66. The Kier molecular flexibility index (Phi) is 6.73. The second-order valence-corrected chi connectivity index (χ2v) is 8.11. The van der Waals surface area contributed by atoms with Gasteiger partial charge < -0.3 is 14.9 Å². The molecule has 1 saturated heterocycles. The molecule has 5 nitrogen and oxygen atoms in total. The first-order valence-corrected chi connectivity index (χ1v) is 10.1. The van der Waals surface area contributed by atoms with Crippen molar-refractivity contribution >= 4 is 5.91 Å². The van der Waals surface area contributed by atoms with Gasteiger partial charge in [-0.2, -0.15) is 5.26 Å². The molecule has 0 bridgehead atoms. The molecule has 0 unspecified atom stereocenters. The van der Waals surface area contributed by atoms with E-state index in [2.05, 4.69) is 17.9 Å². The Morgan fingerprint density at radius 2 is 1.89 bits per heavy atom. The maximum Gasteiger partial charge on any atom is 0.238 e. The van der Waals surface area contributed by atoms with E-state index in [1.54, 1.807) is 4.90 Å². The summed E-state index contributed by atoms with van der Waals surface area (Å²) in [7, 11) is 3.63.